The number of amides is 1. The van der Waals surface area contributed by atoms with Gasteiger partial charge in [0.15, 0.2) is 0 Å². The molecule has 1 amide bonds. The van der Waals surface area contributed by atoms with Crippen molar-refractivity contribution in [1.29, 1.82) is 0 Å². The molecule has 1 aromatic rings. The quantitative estimate of drug-likeness (QED) is 0.853. The molecule has 18 heavy (non-hydrogen) atoms. The highest BCUT2D eigenvalue weighted by molar-refractivity contribution is 5.80. The third kappa shape index (κ3) is 2.41. The molecule has 0 spiro atoms. The van der Waals surface area contributed by atoms with E-state index >= 15 is 0 Å². The van der Waals surface area contributed by atoms with Gasteiger partial charge in [-0.05, 0) is 27.7 Å². The molecule has 0 bridgehead atoms. The van der Waals surface area contributed by atoms with Crippen molar-refractivity contribution in [3.05, 3.63) is 17.0 Å². The van der Waals surface area contributed by atoms with Gasteiger partial charge >= 0.3 is 0 Å². The lowest BCUT2D eigenvalue weighted by atomic mass is 9.98. The summed E-state index contributed by atoms with van der Waals surface area (Å²) in [6.45, 7) is 10.4. The first-order chi connectivity index (χ1) is 8.42. The first-order valence-corrected chi connectivity index (χ1v) is 6.35. The zero-order valence-electron chi connectivity index (χ0n) is 11.5. The van der Waals surface area contributed by atoms with Crippen molar-refractivity contribution in [2.24, 2.45) is 0 Å². The third-order valence-electron chi connectivity index (χ3n) is 3.61. The number of hydrogen-bond acceptors (Lipinski definition) is 4. The van der Waals surface area contributed by atoms with Gasteiger partial charge in [0.25, 0.3) is 0 Å². The Labute approximate surface area is 108 Å². The molecule has 100 valence electrons. The third-order valence-corrected chi connectivity index (χ3v) is 3.61. The normalized spacial score (nSPS) is 19.0. The average molecular weight is 251 g/mol. The summed E-state index contributed by atoms with van der Waals surface area (Å²) in [5.74, 6) is 0.893. The largest absolute Gasteiger partial charge is 0.361 e. The number of hydrogen-bond donors (Lipinski definition) is 1. The van der Waals surface area contributed by atoms with Crippen LogP contribution in [0.4, 0.5) is 0 Å². The van der Waals surface area contributed by atoms with Crippen molar-refractivity contribution < 1.29 is 9.32 Å². The minimum absolute atomic E-state index is 0.131. The van der Waals surface area contributed by atoms with Gasteiger partial charge in [0.1, 0.15) is 5.76 Å². The molecule has 1 aromatic heterocycles. The monoisotopic (exact) mass is 251 g/mol. The van der Waals surface area contributed by atoms with Gasteiger partial charge in [-0.15, -0.1) is 0 Å². The van der Waals surface area contributed by atoms with Gasteiger partial charge in [-0.1, -0.05) is 5.16 Å². The zero-order chi connectivity index (χ0) is 13.3. The Kier molecular flexibility index (Phi) is 3.43. The van der Waals surface area contributed by atoms with Crippen LogP contribution in [0.1, 0.15) is 30.9 Å². The van der Waals surface area contributed by atoms with E-state index in [1.165, 1.54) is 0 Å². The van der Waals surface area contributed by atoms with Gasteiger partial charge in [0, 0.05) is 30.7 Å². The van der Waals surface area contributed by atoms with Crippen molar-refractivity contribution in [2.75, 3.05) is 19.6 Å². The van der Waals surface area contributed by atoms with Crippen molar-refractivity contribution in [1.82, 2.24) is 15.4 Å². The highest BCUT2D eigenvalue weighted by atomic mass is 16.5. The summed E-state index contributed by atoms with van der Waals surface area (Å²) in [5.41, 5.74) is 1.61. The van der Waals surface area contributed by atoms with Gasteiger partial charge in [-0.3, -0.25) is 4.79 Å². The molecule has 1 N–H and O–H groups in total. The summed E-state index contributed by atoms with van der Waals surface area (Å²) in [6, 6.07) is 0. The Balaban J connectivity index is 2.12. The van der Waals surface area contributed by atoms with Gasteiger partial charge < -0.3 is 14.7 Å². The highest BCUT2D eigenvalue weighted by Crippen LogP contribution is 2.20. The molecular formula is C13H21N3O2. The van der Waals surface area contributed by atoms with Gasteiger partial charge in [-0.25, -0.2) is 0 Å². The fraction of sp³-hybridized carbons (Fsp3) is 0.692. The number of aromatic nitrogens is 1. The number of rotatable bonds is 2. The molecule has 1 aliphatic rings. The maximum absolute atomic E-state index is 12.4. The Morgan fingerprint density at radius 2 is 2.22 bits per heavy atom. The molecule has 5 heteroatoms. The van der Waals surface area contributed by atoms with Crippen LogP contribution in [0.5, 0.6) is 0 Å². The van der Waals surface area contributed by atoms with Crippen LogP contribution in [-0.4, -0.2) is 41.1 Å². The van der Waals surface area contributed by atoms with Gasteiger partial charge in [-0.2, -0.15) is 0 Å². The van der Waals surface area contributed by atoms with Crippen LogP contribution in [0.2, 0.25) is 0 Å². The Hall–Kier alpha value is -1.36. The smallest absolute Gasteiger partial charge is 0.227 e. The second-order valence-electron chi connectivity index (χ2n) is 5.51. The lowest BCUT2D eigenvalue weighted by Crippen LogP contribution is -2.60. The average Bonchev–Trinajstić information content (AvgIpc) is 2.60. The van der Waals surface area contributed by atoms with Crippen LogP contribution in [0.15, 0.2) is 4.52 Å². The van der Waals surface area contributed by atoms with E-state index in [9.17, 15) is 4.79 Å². The van der Waals surface area contributed by atoms with Crippen LogP contribution in [0.3, 0.4) is 0 Å². The van der Waals surface area contributed by atoms with Crippen molar-refractivity contribution >= 4 is 5.91 Å². The molecule has 1 saturated heterocycles. The number of aryl methyl sites for hydroxylation is 2. The van der Waals surface area contributed by atoms with E-state index in [1.54, 1.807) is 0 Å². The van der Waals surface area contributed by atoms with Gasteiger partial charge in [0.2, 0.25) is 5.91 Å². The second kappa shape index (κ2) is 4.72. The molecule has 0 unspecified atom stereocenters. The van der Waals surface area contributed by atoms with Crippen LogP contribution >= 0.6 is 0 Å². The molecule has 0 atom stereocenters. The molecule has 2 heterocycles. The number of carbonyl (C=O) groups excluding carboxylic acids is 1. The van der Waals surface area contributed by atoms with E-state index in [4.69, 9.17) is 4.52 Å². The predicted octanol–water partition coefficient (Wildman–Crippen LogP) is 1.04. The molecule has 0 aromatic carbocycles. The summed E-state index contributed by atoms with van der Waals surface area (Å²) in [4.78, 5) is 14.4. The van der Waals surface area contributed by atoms with E-state index in [-0.39, 0.29) is 11.4 Å². The number of nitrogens with one attached hydrogen (secondary N) is 1. The maximum Gasteiger partial charge on any atom is 0.227 e. The molecular weight excluding hydrogens is 230 g/mol. The molecule has 5 nitrogen and oxygen atoms in total. The van der Waals surface area contributed by atoms with Crippen molar-refractivity contribution in [2.45, 2.75) is 39.7 Å². The van der Waals surface area contributed by atoms with E-state index in [2.05, 4.69) is 24.3 Å². The molecule has 2 rings (SSSR count). The number of piperazine rings is 1. The highest BCUT2D eigenvalue weighted by Gasteiger charge is 2.33. The minimum atomic E-state index is -0.131. The van der Waals surface area contributed by atoms with Crippen LogP contribution < -0.4 is 5.32 Å². The topological polar surface area (TPSA) is 58.4 Å². The van der Waals surface area contributed by atoms with Gasteiger partial charge in [0.05, 0.1) is 12.1 Å². The number of nitrogens with zero attached hydrogens (tertiary/aromatic N) is 2. The Morgan fingerprint density at radius 3 is 2.78 bits per heavy atom. The lowest BCUT2D eigenvalue weighted by molar-refractivity contribution is -0.136. The molecule has 1 fully saturated rings. The van der Waals surface area contributed by atoms with Crippen LogP contribution in [0.25, 0.3) is 0 Å². The zero-order valence-corrected chi connectivity index (χ0v) is 11.5. The standard InChI is InChI=1S/C13H21N3O2/c1-9-11(10(2)18-15-9)7-12(17)16-6-5-14-8-13(16,3)4/h14H,5-8H2,1-4H3. The number of carbonyl (C=O) groups is 1. The first-order valence-electron chi connectivity index (χ1n) is 6.35. The van der Waals surface area contributed by atoms with E-state index in [0.29, 0.717) is 6.42 Å². The summed E-state index contributed by atoms with van der Waals surface area (Å²) < 4.78 is 5.10. The Morgan fingerprint density at radius 1 is 1.50 bits per heavy atom. The van der Waals surface area contributed by atoms with Crippen molar-refractivity contribution in [3.63, 3.8) is 0 Å². The molecule has 0 saturated carbocycles. The SMILES string of the molecule is Cc1noc(C)c1CC(=O)N1CCNCC1(C)C. The molecule has 0 aliphatic carbocycles. The van der Waals surface area contributed by atoms with E-state index in [0.717, 1.165) is 36.7 Å². The van der Waals surface area contributed by atoms with E-state index < -0.39 is 0 Å². The minimum Gasteiger partial charge on any atom is -0.361 e. The maximum atomic E-state index is 12.4. The van der Waals surface area contributed by atoms with Crippen LogP contribution in [-0.2, 0) is 11.2 Å². The predicted molar refractivity (Wildman–Crippen MR) is 68.3 cm³/mol. The second-order valence-corrected chi connectivity index (χ2v) is 5.51. The fourth-order valence-electron chi connectivity index (χ4n) is 2.45. The van der Waals surface area contributed by atoms with Crippen LogP contribution in [0, 0.1) is 13.8 Å². The summed E-state index contributed by atoms with van der Waals surface area (Å²) in [5, 5.41) is 7.21. The molecule has 1 aliphatic heterocycles. The van der Waals surface area contributed by atoms with Crippen molar-refractivity contribution in [3.8, 4) is 0 Å². The fourth-order valence-corrected chi connectivity index (χ4v) is 2.45. The Bertz CT molecular complexity index is 432. The summed E-state index contributed by atoms with van der Waals surface area (Å²) in [7, 11) is 0. The lowest BCUT2D eigenvalue weighted by Gasteiger charge is -2.43. The van der Waals surface area contributed by atoms with E-state index in [1.807, 2.05) is 18.7 Å². The summed E-state index contributed by atoms with van der Waals surface area (Å²) >= 11 is 0. The first kappa shape index (κ1) is 13.1. The molecule has 0 radical (unpaired) electrons. The summed E-state index contributed by atoms with van der Waals surface area (Å²) in [6.07, 6.45) is 0.380.